The Morgan fingerprint density at radius 3 is 2.77 bits per heavy atom. The molecule has 1 N–H and O–H groups in total. The normalized spacial score (nSPS) is 27.4. The fourth-order valence-corrected chi connectivity index (χ4v) is 5.54. The number of likely N-dealkylation sites (N-methyl/N-ethyl adjacent to an activating group) is 1. The minimum Gasteiger partial charge on any atom is -0.342 e. The van der Waals surface area contributed by atoms with Crippen molar-refractivity contribution in [1.29, 1.82) is 0 Å². The van der Waals surface area contributed by atoms with Gasteiger partial charge in [-0.1, -0.05) is 0 Å². The average molecular weight is 428 g/mol. The van der Waals surface area contributed by atoms with Crippen LogP contribution in [0.25, 0.3) is 11.0 Å². The molecule has 30 heavy (non-hydrogen) atoms. The molecule has 1 amide bonds. The smallest absolute Gasteiger partial charge is 0.246 e. The average Bonchev–Trinajstić information content (AvgIpc) is 3.37. The van der Waals surface area contributed by atoms with Gasteiger partial charge < -0.3 is 15.1 Å². The van der Waals surface area contributed by atoms with Gasteiger partial charge in [0.2, 0.25) is 11.9 Å². The number of aromatic nitrogens is 4. The number of benzene rings is 1. The number of nitrogens with zero attached hydrogens (tertiary/aromatic N) is 6. The van der Waals surface area contributed by atoms with E-state index in [0.29, 0.717) is 36.7 Å². The fraction of sp³-hybridized carbons (Fsp3) is 0.450. The van der Waals surface area contributed by atoms with Crippen LogP contribution in [0.1, 0.15) is 26.3 Å². The van der Waals surface area contributed by atoms with E-state index >= 15 is 0 Å². The molecule has 0 radical (unpaired) electrons. The third-order valence-electron chi connectivity index (χ3n) is 6.68. The lowest BCUT2D eigenvalue weighted by Gasteiger charge is -2.39. The van der Waals surface area contributed by atoms with Crippen LogP contribution in [0, 0.1) is 12.8 Å². The lowest BCUT2D eigenvalue weighted by molar-refractivity contribution is -0.117. The molecule has 3 fully saturated rings. The van der Waals surface area contributed by atoms with Gasteiger partial charge in [0.1, 0.15) is 22.4 Å². The standard InChI is InChI=1S/C20H20FN7OS.H2/c1-10-3-13-14(26-30-25-13)4-12(10)23-19-22-8-16-18(24-19)28(9-17(29)27(16)2)15-7-20(21)5-11(15)6-20;/h3-4,8,11,15H,5-7,9H2,1-2H3,(H,22,23,24);1H. The zero-order valence-electron chi connectivity index (χ0n) is 16.6. The monoisotopic (exact) mass is 427 g/mol. The number of aryl methyl sites for hydroxylation is 1. The van der Waals surface area contributed by atoms with Gasteiger partial charge in [0.15, 0.2) is 5.82 Å². The number of carbonyl (C=O) groups is 1. The van der Waals surface area contributed by atoms with Crippen LogP contribution in [0.15, 0.2) is 18.3 Å². The first-order valence-electron chi connectivity index (χ1n) is 9.99. The molecular weight excluding hydrogens is 405 g/mol. The molecule has 4 aliphatic rings. The first kappa shape index (κ1) is 17.9. The zero-order chi connectivity index (χ0) is 20.6. The largest absolute Gasteiger partial charge is 0.342 e. The van der Waals surface area contributed by atoms with Crippen molar-refractivity contribution in [3.05, 3.63) is 23.9 Å². The Morgan fingerprint density at radius 1 is 1.27 bits per heavy atom. The number of nitrogens with one attached hydrogen (secondary N) is 1. The second-order valence-electron chi connectivity index (χ2n) is 8.62. The highest BCUT2D eigenvalue weighted by Gasteiger charge is 2.59. The Hall–Kier alpha value is -2.88. The number of halogens is 1. The molecule has 3 saturated carbocycles. The Bertz CT molecular complexity index is 1200. The minimum absolute atomic E-state index is 0. The van der Waals surface area contributed by atoms with Crippen molar-refractivity contribution >= 4 is 51.8 Å². The van der Waals surface area contributed by atoms with Crippen molar-refractivity contribution in [2.24, 2.45) is 5.92 Å². The number of anilines is 4. The summed E-state index contributed by atoms with van der Waals surface area (Å²) in [7, 11) is 1.73. The van der Waals surface area contributed by atoms with Crippen LogP contribution in [-0.4, -0.2) is 49.9 Å². The summed E-state index contributed by atoms with van der Waals surface area (Å²) in [6.07, 6.45) is 3.31. The van der Waals surface area contributed by atoms with E-state index in [1.54, 1.807) is 18.1 Å². The molecule has 3 heterocycles. The summed E-state index contributed by atoms with van der Waals surface area (Å²) in [6, 6.07) is 3.92. The summed E-state index contributed by atoms with van der Waals surface area (Å²) in [5.74, 6) is 1.38. The highest BCUT2D eigenvalue weighted by molar-refractivity contribution is 7.00. The molecule has 1 aliphatic heterocycles. The SMILES string of the molecule is Cc1cc2nsnc2cc1Nc1ncc2c(n1)N(C1CC3(F)CC1C3)CC(=O)N2C.[HH]. The lowest BCUT2D eigenvalue weighted by atomic mass is 9.81. The number of alkyl halides is 1. The van der Waals surface area contributed by atoms with Crippen LogP contribution in [0.5, 0.6) is 0 Å². The van der Waals surface area contributed by atoms with Crippen molar-refractivity contribution in [2.75, 3.05) is 28.7 Å². The molecule has 0 spiro atoms. The molecule has 8 nitrogen and oxygen atoms in total. The number of hydrogen-bond donors (Lipinski definition) is 1. The van der Waals surface area contributed by atoms with E-state index in [4.69, 9.17) is 4.98 Å². The van der Waals surface area contributed by atoms with Crippen molar-refractivity contribution in [3.8, 4) is 0 Å². The number of carbonyl (C=O) groups excluding carboxylic acids is 1. The van der Waals surface area contributed by atoms with E-state index < -0.39 is 5.67 Å². The molecule has 2 bridgehead atoms. The molecular formula is C20H22FN7OS. The van der Waals surface area contributed by atoms with Crippen molar-refractivity contribution in [2.45, 2.75) is 37.9 Å². The van der Waals surface area contributed by atoms with Crippen LogP contribution in [0.3, 0.4) is 0 Å². The van der Waals surface area contributed by atoms with Gasteiger partial charge in [0, 0.05) is 26.6 Å². The number of amides is 1. The maximum atomic E-state index is 14.6. The summed E-state index contributed by atoms with van der Waals surface area (Å²) in [4.78, 5) is 25.3. The Kier molecular flexibility index (Phi) is 3.63. The maximum absolute atomic E-state index is 14.6. The van der Waals surface area contributed by atoms with Crippen LogP contribution in [-0.2, 0) is 4.79 Å². The fourth-order valence-electron chi connectivity index (χ4n) is 5.03. The van der Waals surface area contributed by atoms with Gasteiger partial charge >= 0.3 is 0 Å². The third kappa shape index (κ3) is 2.59. The first-order chi connectivity index (χ1) is 14.4. The second-order valence-corrected chi connectivity index (χ2v) is 9.15. The molecule has 7 rings (SSSR count). The Balaban J connectivity index is 0.00000204. The van der Waals surface area contributed by atoms with Crippen LogP contribution in [0.2, 0.25) is 0 Å². The van der Waals surface area contributed by atoms with Crippen LogP contribution in [0.4, 0.5) is 27.5 Å². The van der Waals surface area contributed by atoms with E-state index in [1.807, 2.05) is 24.0 Å². The first-order valence-corrected chi connectivity index (χ1v) is 10.7. The van der Waals surface area contributed by atoms with Crippen LogP contribution >= 0.6 is 11.7 Å². The molecule has 0 saturated heterocycles. The van der Waals surface area contributed by atoms with E-state index in [2.05, 4.69) is 19.0 Å². The number of rotatable bonds is 3. The van der Waals surface area contributed by atoms with Crippen LogP contribution < -0.4 is 15.1 Å². The predicted octanol–water partition coefficient (Wildman–Crippen LogP) is 3.45. The van der Waals surface area contributed by atoms with E-state index in [-0.39, 0.29) is 25.8 Å². The predicted molar refractivity (Wildman–Crippen MR) is 115 cm³/mol. The Morgan fingerprint density at radius 2 is 2.03 bits per heavy atom. The molecule has 3 aromatic rings. The summed E-state index contributed by atoms with van der Waals surface area (Å²) < 4.78 is 23.1. The molecule has 1 aromatic carbocycles. The van der Waals surface area contributed by atoms with Gasteiger partial charge in [-0.2, -0.15) is 13.7 Å². The number of fused-ring (bicyclic) bond motifs is 3. The summed E-state index contributed by atoms with van der Waals surface area (Å²) in [5, 5.41) is 3.28. The quantitative estimate of drug-likeness (QED) is 0.685. The van der Waals surface area contributed by atoms with Crippen molar-refractivity contribution in [3.63, 3.8) is 0 Å². The van der Waals surface area contributed by atoms with E-state index in [0.717, 1.165) is 22.3 Å². The van der Waals surface area contributed by atoms with Gasteiger partial charge in [-0.15, -0.1) is 0 Å². The van der Waals surface area contributed by atoms with E-state index in [9.17, 15) is 9.18 Å². The molecule has 1 atom stereocenters. The topological polar surface area (TPSA) is 87.1 Å². The second kappa shape index (κ2) is 6.07. The van der Waals surface area contributed by atoms with Crippen molar-refractivity contribution < 1.29 is 10.6 Å². The van der Waals surface area contributed by atoms with Gasteiger partial charge in [0.05, 0.1) is 24.5 Å². The Labute approximate surface area is 177 Å². The highest BCUT2D eigenvalue weighted by Crippen LogP contribution is 2.57. The van der Waals surface area contributed by atoms with Crippen molar-refractivity contribution in [1.82, 2.24) is 18.7 Å². The third-order valence-corrected chi connectivity index (χ3v) is 7.24. The van der Waals surface area contributed by atoms with Gasteiger partial charge in [-0.25, -0.2) is 9.37 Å². The number of hydrogen-bond acceptors (Lipinski definition) is 8. The molecule has 10 heteroatoms. The molecule has 156 valence electrons. The summed E-state index contributed by atoms with van der Waals surface area (Å²) in [5.41, 5.74) is 3.14. The zero-order valence-corrected chi connectivity index (χ0v) is 17.4. The van der Waals surface area contributed by atoms with Gasteiger partial charge in [-0.3, -0.25) is 4.79 Å². The molecule has 1 unspecified atom stereocenters. The maximum Gasteiger partial charge on any atom is 0.246 e. The highest BCUT2D eigenvalue weighted by atomic mass is 32.1. The summed E-state index contributed by atoms with van der Waals surface area (Å²) in [6.45, 7) is 2.21. The molecule has 2 aromatic heterocycles. The molecule has 3 aliphatic carbocycles. The lowest BCUT2D eigenvalue weighted by Crippen LogP contribution is -2.49. The van der Waals surface area contributed by atoms with Gasteiger partial charge in [-0.05, 0) is 43.4 Å². The van der Waals surface area contributed by atoms with Gasteiger partial charge in [0.25, 0.3) is 0 Å². The summed E-state index contributed by atoms with van der Waals surface area (Å²) >= 11 is 1.18. The minimum atomic E-state index is -1.07. The van der Waals surface area contributed by atoms with E-state index in [1.165, 1.54) is 11.7 Å².